The third-order valence-electron chi connectivity index (χ3n) is 3.78. The zero-order chi connectivity index (χ0) is 13.3. The quantitative estimate of drug-likeness (QED) is 0.685. The molecule has 0 saturated carbocycles. The summed E-state index contributed by atoms with van der Waals surface area (Å²) in [5, 5.41) is 0. The van der Waals surface area contributed by atoms with Gasteiger partial charge in [0.15, 0.2) is 0 Å². The van der Waals surface area contributed by atoms with Crippen molar-refractivity contribution in [1.82, 2.24) is 0 Å². The fourth-order valence-corrected chi connectivity index (χ4v) is 2.79. The van der Waals surface area contributed by atoms with Gasteiger partial charge >= 0.3 is 0 Å². The predicted octanol–water partition coefficient (Wildman–Crippen LogP) is 5.07. The van der Waals surface area contributed by atoms with Gasteiger partial charge in [0.1, 0.15) is 0 Å². The van der Waals surface area contributed by atoms with Gasteiger partial charge < -0.3 is 0 Å². The molecule has 0 saturated heterocycles. The van der Waals surface area contributed by atoms with Crippen LogP contribution >= 0.6 is 0 Å². The molecule has 0 aliphatic heterocycles. The number of hydrogen-bond donors (Lipinski definition) is 0. The molecular formula is C18H22. The van der Waals surface area contributed by atoms with E-state index in [0.29, 0.717) is 5.92 Å². The third-order valence-corrected chi connectivity index (χ3v) is 3.78. The van der Waals surface area contributed by atoms with Crippen molar-refractivity contribution in [3.63, 3.8) is 0 Å². The van der Waals surface area contributed by atoms with Crippen LogP contribution in [0.2, 0.25) is 0 Å². The van der Waals surface area contributed by atoms with Crippen LogP contribution in [0.25, 0.3) is 0 Å². The first-order valence-electron chi connectivity index (χ1n) is 6.63. The highest BCUT2D eigenvalue weighted by molar-refractivity contribution is 5.42. The average molecular weight is 238 g/mol. The second-order valence-electron chi connectivity index (χ2n) is 5.44. The summed E-state index contributed by atoms with van der Waals surface area (Å²) in [5.41, 5.74) is 8.33. The topological polar surface area (TPSA) is 0 Å². The van der Waals surface area contributed by atoms with Gasteiger partial charge in [-0.3, -0.25) is 0 Å². The molecule has 0 amide bonds. The van der Waals surface area contributed by atoms with Gasteiger partial charge in [-0.25, -0.2) is 0 Å². The molecule has 0 N–H and O–H groups in total. The number of hydrogen-bond acceptors (Lipinski definition) is 0. The number of rotatable bonds is 2. The molecule has 0 unspecified atom stereocenters. The lowest BCUT2D eigenvalue weighted by Crippen LogP contribution is -2.01. The van der Waals surface area contributed by atoms with Crippen LogP contribution in [0.15, 0.2) is 36.4 Å². The van der Waals surface area contributed by atoms with Gasteiger partial charge in [0, 0.05) is 5.92 Å². The van der Waals surface area contributed by atoms with Crippen LogP contribution in [0.3, 0.4) is 0 Å². The Morgan fingerprint density at radius 1 is 0.667 bits per heavy atom. The van der Waals surface area contributed by atoms with Crippen molar-refractivity contribution in [3.8, 4) is 0 Å². The van der Waals surface area contributed by atoms with Gasteiger partial charge in [-0.2, -0.15) is 0 Å². The van der Waals surface area contributed by atoms with Gasteiger partial charge in [-0.15, -0.1) is 0 Å². The maximum atomic E-state index is 2.30. The lowest BCUT2D eigenvalue weighted by Gasteiger charge is -2.18. The Labute approximate surface area is 111 Å². The van der Waals surface area contributed by atoms with Gasteiger partial charge in [-0.05, 0) is 49.9 Å². The van der Waals surface area contributed by atoms with Crippen molar-refractivity contribution >= 4 is 0 Å². The van der Waals surface area contributed by atoms with Crippen molar-refractivity contribution in [2.75, 3.05) is 0 Å². The minimum absolute atomic E-state index is 0.464. The Morgan fingerprint density at radius 3 is 1.39 bits per heavy atom. The van der Waals surface area contributed by atoms with Gasteiger partial charge in [0.05, 0.1) is 0 Å². The molecule has 18 heavy (non-hydrogen) atoms. The molecule has 2 rings (SSSR count). The fraction of sp³-hybridized carbons (Fsp3) is 0.333. The summed E-state index contributed by atoms with van der Waals surface area (Å²) in [4.78, 5) is 0. The SMILES string of the molecule is Cc1ccc(C(C)c2ccc(C)cc2C)c(C)c1. The zero-order valence-electron chi connectivity index (χ0n) is 12.0. The third kappa shape index (κ3) is 2.48. The minimum Gasteiger partial charge on any atom is -0.0590 e. The van der Waals surface area contributed by atoms with E-state index in [2.05, 4.69) is 71.0 Å². The summed E-state index contributed by atoms with van der Waals surface area (Å²) in [6, 6.07) is 13.5. The van der Waals surface area contributed by atoms with Crippen molar-refractivity contribution < 1.29 is 0 Å². The lowest BCUT2D eigenvalue weighted by atomic mass is 9.86. The summed E-state index contributed by atoms with van der Waals surface area (Å²) in [7, 11) is 0. The van der Waals surface area contributed by atoms with E-state index in [0.717, 1.165) is 0 Å². The summed E-state index contributed by atoms with van der Waals surface area (Å²) < 4.78 is 0. The van der Waals surface area contributed by atoms with Gasteiger partial charge in [-0.1, -0.05) is 54.4 Å². The molecule has 2 aromatic carbocycles. The van der Waals surface area contributed by atoms with Crippen molar-refractivity contribution in [1.29, 1.82) is 0 Å². The summed E-state index contributed by atoms with van der Waals surface area (Å²) in [6.07, 6.45) is 0. The van der Waals surface area contributed by atoms with E-state index in [1.54, 1.807) is 0 Å². The first kappa shape index (κ1) is 12.9. The second-order valence-corrected chi connectivity index (χ2v) is 5.44. The summed E-state index contributed by atoms with van der Waals surface area (Å²) in [5.74, 6) is 0.464. The van der Waals surface area contributed by atoms with E-state index in [9.17, 15) is 0 Å². The van der Waals surface area contributed by atoms with E-state index in [4.69, 9.17) is 0 Å². The molecule has 0 heteroatoms. The molecule has 0 heterocycles. The van der Waals surface area contributed by atoms with Crippen LogP contribution in [0.1, 0.15) is 46.2 Å². The molecular weight excluding hydrogens is 216 g/mol. The summed E-state index contributed by atoms with van der Waals surface area (Å²) >= 11 is 0. The van der Waals surface area contributed by atoms with Crippen LogP contribution in [-0.4, -0.2) is 0 Å². The predicted molar refractivity (Wildman–Crippen MR) is 79.3 cm³/mol. The Bertz CT molecular complexity index is 513. The normalized spacial score (nSPS) is 11.0. The molecule has 0 fully saturated rings. The highest BCUT2D eigenvalue weighted by Crippen LogP contribution is 2.29. The minimum atomic E-state index is 0.464. The molecule has 0 bridgehead atoms. The molecule has 2 aromatic rings. The molecule has 0 aliphatic carbocycles. The van der Waals surface area contributed by atoms with Crippen LogP contribution in [0.4, 0.5) is 0 Å². The van der Waals surface area contributed by atoms with E-state index in [1.807, 2.05) is 0 Å². The van der Waals surface area contributed by atoms with Crippen molar-refractivity contribution in [3.05, 3.63) is 69.8 Å². The number of aryl methyl sites for hydroxylation is 4. The molecule has 94 valence electrons. The van der Waals surface area contributed by atoms with Gasteiger partial charge in [0.2, 0.25) is 0 Å². The largest absolute Gasteiger partial charge is 0.0590 e. The molecule has 0 spiro atoms. The lowest BCUT2D eigenvalue weighted by molar-refractivity contribution is 0.896. The van der Waals surface area contributed by atoms with Crippen molar-refractivity contribution in [2.24, 2.45) is 0 Å². The Balaban J connectivity index is 2.44. The highest BCUT2D eigenvalue weighted by atomic mass is 14.2. The zero-order valence-corrected chi connectivity index (χ0v) is 12.0. The first-order valence-corrected chi connectivity index (χ1v) is 6.63. The van der Waals surface area contributed by atoms with E-state index in [-0.39, 0.29) is 0 Å². The maximum absolute atomic E-state index is 2.30. The number of benzene rings is 2. The van der Waals surface area contributed by atoms with Crippen LogP contribution in [0.5, 0.6) is 0 Å². The molecule has 0 radical (unpaired) electrons. The van der Waals surface area contributed by atoms with E-state index < -0.39 is 0 Å². The van der Waals surface area contributed by atoms with E-state index >= 15 is 0 Å². The second kappa shape index (κ2) is 4.97. The van der Waals surface area contributed by atoms with Crippen LogP contribution in [-0.2, 0) is 0 Å². The Hall–Kier alpha value is -1.56. The average Bonchev–Trinajstić information content (AvgIpc) is 2.28. The standard InChI is InChI=1S/C18H22/c1-12-6-8-17(14(3)10-12)16(5)18-9-7-13(2)11-15(18)4/h6-11,16H,1-5H3. The maximum Gasteiger partial charge on any atom is 0.00662 e. The van der Waals surface area contributed by atoms with Gasteiger partial charge in [0.25, 0.3) is 0 Å². The monoisotopic (exact) mass is 238 g/mol. The smallest absolute Gasteiger partial charge is 0.00662 e. The Kier molecular flexibility index (Phi) is 3.56. The fourth-order valence-electron chi connectivity index (χ4n) is 2.79. The molecule has 0 aromatic heterocycles. The van der Waals surface area contributed by atoms with E-state index in [1.165, 1.54) is 33.4 Å². The van der Waals surface area contributed by atoms with Crippen LogP contribution < -0.4 is 0 Å². The Morgan fingerprint density at radius 2 is 1.06 bits per heavy atom. The van der Waals surface area contributed by atoms with Crippen LogP contribution in [0, 0.1) is 27.7 Å². The molecule has 0 nitrogen and oxygen atoms in total. The first-order chi connectivity index (χ1) is 8.49. The summed E-state index contributed by atoms with van der Waals surface area (Å²) in [6.45, 7) is 11.0. The van der Waals surface area contributed by atoms with Crippen molar-refractivity contribution in [2.45, 2.75) is 40.5 Å². The highest BCUT2D eigenvalue weighted by Gasteiger charge is 2.12. The molecule has 0 atom stereocenters. The molecule has 0 aliphatic rings.